The molecule has 1 unspecified atom stereocenters. The molecule has 1 aromatic heterocycles. The molecule has 1 aliphatic rings. The van der Waals surface area contributed by atoms with E-state index in [0.717, 1.165) is 37.4 Å². The van der Waals surface area contributed by atoms with E-state index in [0.29, 0.717) is 11.2 Å². The highest BCUT2D eigenvalue weighted by atomic mass is 35.5. The molecule has 1 fully saturated rings. The third kappa shape index (κ3) is 2.13. The lowest BCUT2D eigenvalue weighted by Crippen LogP contribution is -2.33. The van der Waals surface area contributed by atoms with Gasteiger partial charge in [0.2, 0.25) is 0 Å². The minimum atomic E-state index is 0.399. The highest BCUT2D eigenvalue weighted by Crippen LogP contribution is 2.26. The number of hydrogen-bond acceptors (Lipinski definition) is 4. The van der Waals surface area contributed by atoms with E-state index >= 15 is 0 Å². The predicted octanol–water partition coefficient (Wildman–Crippen LogP) is 1.92. The first kappa shape index (κ1) is 11.6. The van der Waals surface area contributed by atoms with Crippen LogP contribution >= 0.6 is 11.6 Å². The lowest BCUT2D eigenvalue weighted by atomic mass is 10.2. The average molecular weight is 242 g/mol. The van der Waals surface area contributed by atoms with Gasteiger partial charge in [-0.05, 0) is 12.8 Å². The van der Waals surface area contributed by atoms with Crippen LogP contribution in [0.3, 0.4) is 0 Å². The Labute approximate surface area is 101 Å². The summed E-state index contributed by atoms with van der Waals surface area (Å²) in [5.41, 5.74) is 1.01. The summed E-state index contributed by atoms with van der Waals surface area (Å²) in [6.45, 7) is 3.66. The van der Waals surface area contributed by atoms with Gasteiger partial charge in [0.05, 0.1) is 12.6 Å². The standard InChI is InChI=1S/C11H16ClN3O/c1-3-9-10(12)13-7-14-11(9)15(2)8-4-5-16-6-8/h7-8H,3-6H2,1-2H3. The number of nitrogens with zero attached hydrogens (tertiary/aromatic N) is 3. The van der Waals surface area contributed by atoms with Crippen molar-refractivity contribution in [1.82, 2.24) is 9.97 Å². The topological polar surface area (TPSA) is 38.2 Å². The van der Waals surface area contributed by atoms with Crippen molar-refractivity contribution in [2.24, 2.45) is 0 Å². The maximum absolute atomic E-state index is 6.07. The largest absolute Gasteiger partial charge is 0.379 e. The van der Waals surface area contributed by atoms with Gasteiger partial charge in [-0.2, -0.15) is 0 Å². The molecule has 1 atom stereocenters. The number of rotatable bonds is 3. The van der Waals surface area contributed by atoms with E-state index in [1.165, 1.54) is 6.33 Å². The Balaban J connectivity index is 2.27. The Kier molecular flexibility index (Phi) is 3.61. The van der Waals surface area contributed by atoms with Gasteiger partial charge in [0.1, 0.15) is 17.3 Å². The summed E-state index contributed by atoms with van der Waals surface area (Å²) >= 11 is 6.07. The van der Waals surface area contributed by atoms with Crippen molar-refractivity contribution in [3.63, 3.8) is 0 Å². The van der Waals surface area contributed by atoms with Crippen LogP contribution in [0.25, 0.3) is 0 Å². The molecule has 0 spiro atoms. The van der Waals surface area contributed by atoms with Crippen LogP contribution in [-0.2, 0) is 11.2 Å². The van der Waals surface area contributed by atoms with E-state index in [2.05, 4.69) is 21.8 Å². The summed E-state index contributed by atoms with van der Waals surface area (Å²) in [7, 11) is 2.04. The van der Waals surface area contributed by atoms with E-state index < -0.39 is 0 Å². The number of ether oxygens (including phenoxy) is 1. The van der Waals surface area contributed by atoms with E-state index in [-0.39, 0.29) is 0 Å². The Morgan fingerprint density at radius 1 is 1.56 bits per heavy atom. The summed E-state index contributed by atoms with van der Waals surface area (Å²) in [6.07, 6.45) is 3.40. The van der Waals surface area contributed by atoms with E-state index in [1.54, 1.807) is 0 Å². The average Bonchev–Trinajstić information content (AvgIpc) is 2.81. The molecule has 16 heavy (non-hydrogen) atoms. The summed E-state index contributed by atoms with van der Waals surface area (Å²) in [6, 6.07) is 0.399. The van der Waals surface area contributed by atoms with E-state index in [4.69, 9.17) is 16.3 Å². The predicted molar refractivity (Wildman–Crippen MR) is 64.0 cm³/mol. The molecule has 0 radical (unpaired) electrons. The zero-order chi connectivity index (χ0) is 11.5. The normalized spacial score (nSPS) is 20.1. The highest BCUT2D eigenvalue weighted by molar-refractivity contribution is 6.30. The molecular weight excluding hydrogens is 226 g/mol. The monoisotopic (exact) mass is 241 g/mol. The molecule has 0 amide bonds. The molecule has 2 rings (SSSR count). The summed E-state index contributed by atoms with van der Waals surface area (Å²) < 4.78 is 5.39. The molecule has 5 heteroatoms. The fourth-order valence-electron chi connectivity index (χ4n) is 1.99. The molecule has 1 aromatic rings. The molecule has 2 heterocycles. The number of likely N-dealkylation sites (N-methyl/N-ethyl adjacent to an activating group) is 1. The molecular formula is C11H16ClN3O. The first-order valence-electron chi connectivity index (χ1n) is 5.54. The second kappa shape index (κ2) is 4.97. The van der Waals surface area contributed by atoms with E-state index in [9.17, 15) is 0 Å². The van der Waals surface area contributed by atoms with Crippen molar-refractivity contribution in [2.45, 2.75) is 25.8 Å². The van der Waals surface area contributed by atoms with Crippen molar-refractivity contribution < 1.29 is 4.74 Å². The highest BCUT2D eigenvalue weighted by Gasteiger charge is 2.23. The summed E-state index contributed by atoms with van der Waals surface area (Å²) in [5.74, 6) is 0.929. The van der Waals surface area contributed by atoms with Gasteiger partial charge in [0.25, 0.3) is 0 Å². The van der Waals surface area contributed by atoms with Gasteiger partial charge in [-0.3, -0.25) is 0 Å². The van der Waals surface area contributed by atoms with Gasteiger partial charge < -0.3 is 9.64 Å². The number of anilines is 1. The maximum Gasteiger partial charge on any atom is 0.137 e. The van der Waals surface area contributed by atoms with Gasteiger partial charge in [-0.15, -0.1) is 0 Å². The van der Waals surface area contributed by atoms with Crippen LogP contribution in [0, 0.1) is 0 Å². The molecule has 1 saturated heterocycles. The van der Waals surface area contributed by atoms with Crippen LogP contribution in [0.15, 0.2) is 6.33 Å². The van der Waals surface area contributed by atoms with Gasteiger partial charge >= 0.3 is 0 Å². The summed E-state index contributed by atoms with van der Waals surface area (Å²) in [4.78, 5) is 10.5. The van der Waals surface area contributed by atoms with Gasteiger partial charge in [0, 0.05) is 19.2 Å². The zero-order valence-electron chi connectivity index (χ0n) is 9.61. The molecule has 0 bridgehead atoms. The Bertz CT molecular complexity index is 366. The molecule has 0 saturated carbocycles. The van der Waals surface area contributed by atoms with Gasteiger partial charge in [0.15, 0.2) is 0 Å². The van der Waals surface area contributed by atoms with Gasteiger partial charge in [-0.25, -0.2) is 9.97 Å². The first-order chi connectivity index (χ1) is 7.74. The van der Waals surface area contributed by atoms with Crippen LogP contribution in [0.4, 0.5) is 5.82 Å². The third-order valence-corrected chi connectivity index (χ3v) is 3.34. The fourth-order valence-corrected chi connectivity index (χ4v) is 2.25. The van der Waals surface area contributed by atoms with Crippen molar-refractivity contribution in [1.29, 1.82) is 0 Å². The molecule has 0 aliphatic carbocycles. The number of halogens is 1. The molecule has 0 N–H and O–H groups in total. The minimum absolute atomic E-state index is 0.399. The number of aromatic nitrogens is 2. The maximum atomic E-state index is 6.07. The SMILES string of the molecule is CCc1c(Cl)ncnc1N(C)C1CCOC1. The lowest BCUT2D eigenvalue weighted by Gasteiger charge is -2.26. The number of hydrogen-bond donors (Lipinski definition) is 0. The zero-order valence-corrected chi connectivity index (χ0v) is 10.4. The molecule has 88 valence electrons. The van der Waals surface area contributed by atoms with E-state index in [1.807, 2.05) is 7.05 Å². The van der Waals surface area contributed by atoms with Crippen LogP contribution in [0.5, 0.6) is 0 Å². The van der Waals surface area contributed by atoms with Crippen molar-refractivity contribution in [3.8, 4) is 0 Å². The van der Waals surface area contributed by atoms with Crippen LogP contribution in [0.2, 0.25) is 5.15 Å². The molecule has 1 aliphatic heterocycles. The third-order valence-electron chi connectivity index (χ3n) is 3.01. The quantitative estimate of drug-likeness (QED) is 0.758. The molecule has 0 aromatic carbocycles. The van der Waals surface area contributed by atoms with Crippen molar-refractivity contribution in [2.75, 3.05) is 25.2 Å². The van der Waals surface area contributed by atoms with Crippen LogP contribution in [0.1, 0.15) is 18.9 Å². The fraction of sp³-hybridized carbons (Fsp3) is 0.636. The van der Waals surface area contributed by atoms with Crippen molar-refractivity contribution in [3.05, 3.63) is 17.0 Å². The Morgan fingerprint density at radius 2 is 2.38 bits per heavy atom. The summed E-state index contributed by atoms with van der Waals surface area (Å²) in [5, 5.41) is 0.554. The first-order valence-corrected chi connectivity index (χ1v) is 5.91. The van der Waals surface area contributed by atoms with Gasteiger partial charge in [-0.1, -0.05) is 18.5 Å². The smallest absolute Gasteiger partial charge is 0.137 e. The minimum Gasteiger partial charge on any atom is -0.379 e. The second-order valence-corrected chi connectivity index (χ2v) is 4.31. The second-order valence-electron chi connectivity index (χ2n) is 3.95. The Hall–Kier alpha value is -0.870. The molecule has 4 nitrogen and oxygen atoms in total. The van der Waals surface area contributed by atoms with Crippen LogP contribution < -0.4 is 4.90 Å². The lowest BCUT2D eigenvalue weighted by molar-refractivity contribution is 0.193. The Morgan fingerprint density at radius 3 is 3.00 bits per heavy atom. The van der Waals surface area contributed by atoms with Crippen molar-refractivity contribution >= 4 is 17.4 Å². The van der Waals surface area contributed by atoms with Crippen LogP contribution in [-0.4, -0.2) is 36.3 Å².